The summed E-state index contributed by atoms with van der Waals surface area (Å²) in [6.45, 7) is 7.52. The van der Waals surface area contributed by atoms with Crippen molar-refractivity contribution in [1.82, 2.24) is 10.3 Å². The molecule has 0 bridgehead atoms. The molecule has 0 spiro atoms. The smallest absolute Gasteiger partial charge is 0.0900 e. The molecular formula is C15H22N2S2. The maximum atomic E-state index is 4.57. The predicted molar refractivity (Wildman–Crippen MR) is 85.3 cm³/mol. The molecule has 0 fully saturated rings. The van der Waals surface area contributed by atoms with Crippen LogP contribution in [0.2, 0.25) is 0 Å². The average molecular weight is 294 g/mol. The van der Waals surface area contributed by atoms with E-state index in [4.69, 9.17) is 0 Å². The zero-order valence-electron chi connectivity index (χ0n) is 11.9. The van der Waals surface area contributed by atoms with Gasteiger partial charge >= 0.3 is 0 Å². The van der Waals surface area contributed by atoms with Crippen LogP contribution in [0.25, 0.3) is 0 Å². The second-order valence-electron chi connectivity index (χ2n) is 4.81. The van der Waals surface area contributed by atoms with Gasteiger partial charge < -0.3 is 5.32 Å². The minimum absolute atomic E-state index is 0.452. The van der Waals surface area contributed by atoms with Gasteiger partial charge in [-0.15, -0.1) is 22.7 Å². The van der Waals surface area contributed by atoms with Crippen LogP contribution < -0.4 is 5.32 Å². The van der Waals surface area contributed by atoms with Gasteiger partial charge in [0.1, 0.15) is 0 Å². The van der Waals surface area contributed by atoms with Gasteiger partial charge in [-0.2, -0.15) is 0 Å². The number of aromatic nitrogens is 1. The van der Waals surface area contributed by atoms with Gasteiger partial charge in [0.05, 0.1) is 10.7 Å². The lowest BCUT2D eigenvalue weighted by molar-refractivity contribution is 0.505. The molecule has 0 saturated heterocycles. The summed E-state index contributed by atoms with van der Waals surface area (Å²) in [5.74, 6) is 0. The molecule has 19 heavy (non-hydrogen) atoms. The summed E-state index contributed by atoms with van der Waals surface area (Å²) in [6, 6.07) is 4.82. The van der Waals surface area contributed by atoms with Crippen molar-refractivity contribution >= 4 is 22.7 Å². The standard InChI is InChI=1S/C15H22N2S2/c1-4-9-16-14(8-7-13-6-5-10-18-13)15-11(2)17-12(3)19-15/h5-6,10,14,16H,4,7-9H2,1-3H3. The van der Waals surface area contributed by atoms with Gasteiger partial charge in [-0.25, -0.2) is 4.98 Å². The van der Waals surface area contributed by atoms with Crippen LogP contribution in [0.5, 0.6) is 0 Å². The molecule has 2 rings (SSSR count). The van der Waals surface area contributed by atoms with E-state index >= 15 is 0 Å². The highest BCUT2D eigenvalue weighted by Gasteiger charge is 2.17. The highest BCUT2D eigenvalue weighted by Crippen LogP contribution is 2.28. The summed E-state index contributed by atoms with van der Waals surface area (Å²) in [7, 11) is 0. The first-order valence-corrected chi connectivity index (χ1v) is 8.60. The fourth-order valence-corrected chi connectivity index (χ4v) is 4.02. The minimum atomic E-state index is 0.452. The molecule has 0 saturated carbocycles. The lowest BCUT2D eigenvalue weighted by Gasteiger charge is -2.17. The first kappa shape index (κ1) is 14.7. The highest BCUT2D eigenvalue weighted by molar-refractivity contribution is 7.11. The Kier molecular flexibility index (Phi) is 5.55. The van der Waals surface area contributed by atoms with Crippen molar-refractivity contribution in [2.24, 2.45) is 0 Å². The van der Waals surface area contributed by atoms with Crippen molar-refractivity contribution in [2.45, 2.75) is 46.1 Å². The monoisotopic (exact) mass is 294 g/mol. The van der Waals surface area contributed by atoms with Crippen LogP contribution in [0.15, 0.2) is 17.5 Å². The van der Waals surface area contributed by atoms with E-state index in [9.17, 15) is 0 Å². The van der Waals surface area contributed by atoms with Crippen LogP contribution in [0.4, 0.5) is 0 Å². The summed E-state index contributed by atoms with van der Waals surface area (Å²) >= 11 is 3.69. The van der Waals surface area contributed by atoms with Crippen molar-refractivity contribution in [3.63, 3.8) is 0 Å². The van der Waals surface area contributed by atoms with Gasteiger partial charge in [-0.05, 0) is 51.1 Å². The molecule has 0 aliphatic heterocycles. The molecule has 0 aliphatic carbocycles. The zero-order valence-corrected chi connectivity index (χ0v) is 13.5. The van der Waals surface area contributed by atoms with E-state index < -0.39 is 0 Å². The number of thiophene rings is 1. The largest absolute Gasteiger partial charge is 0.309 e. The van der Waals surface area contributed by atoms with Gasteiger partial charge in [0.25, 0.3) is 0 Å². The lowest BCUT2D eigenvalue weighted by atomic mass is 10.1. The Hall–Kier alpha value is -0.710. The maximum absolute atomic E-state index is 4.57. The summed E-state index contributed by atoms with van der Waals surface area (Å²) in [5.41, 5.74) is 1.20. The summed E-state index contributed by atoms with van der Waals surface area (Å²) < 4.78 is 0. The predicted octanol–water partition coefficient (Wildman–Crippen LogP) is 4.49. The summed E-state index contributed by atoms with van der Waals surface area (Å²) in [6.07, 6.45) is 3.48. The Bertz CT molecular complexity index is 488. The molecule has 1 unspecified atom stereocenters. The molecule has 2 aromatic heterocycles. The average Bonchev–Trinajstić information content (AvgIpc) is 3.00. The van der Waals surface area contributed by atoms with Crippen LogP contribution >= 0.6 is 22.7 Å². The van der Waals surface area contributed by atoms with Crippen molar-refractivity contribution in [3.05, 3.63) is 38.0 Å². The number of thiazole rings is 1. The molecule has 0 aromatic carbocycles. The number of nitrogens with zero attached hydrogens (tertiary/aromatic N) is 1. The van der Waals surface area contributed by atoms with Gasteiger partial charge in [0.2, 0.25) is 0 Å². The second kappa shape index (κ2) is 7.17. The number of nitrogens with one attached hydrogen (secondary N) is 1. The number of hydrogen-bond acceptors (Lipinski definition) is 4. The summed E-state index contributed by atoms with van der Waals surface area (Å²) in [4.78, 5) is 7.46. The third-order valence-electron chi connectivity index (χ3n) is 3.16. The number of aryl methyl sites for hydroxylation is 3. The van der Waals surface area contributed by atoms with Gasteiger partial charge in [0, 0.05) is 15.8 Å². The Morgan fingerprint density at radius 2 is 2.21 bits per heavy atom. The van der Waals surface area contributed by atoms with Crippen molar-refractivity contribution < 1.29 is 0 Å². The lowest BCUT2D eigenvalue weighted by Crippen LogP contribution is -2.22. The Morgan fingerprint density at radius 1 is 1.37 bits per heavy atom. The number of hydrogen-bond donors (Lipinski definition) is 1. The van der Waals surface area contributed by atoms with Gasteiger partial charge in [-0.1, -0.05) is 13.0 Å². The molecule has 0 radical (unpaired) electrons. The molecule has 2 heterocycles. The Labute approximate surface area is 123 Å². The van der Waals surface area contributed by atoms with Crippen molar-refractivity contribution in [1.29, 1.82) is 0 Å². The molecule has 2 aromatic rings. The van der Waals surface area contributed by atoms with Gasteiger partial charge in [-0.3, -0.25) is 0 Å². The number of rotatable bonds is 7. The quantitative estimate of drug-likeness (QED) is 0.813. The fourth-order valence-electron chi connectivity index (χ4n) is 2.26. The van der Waals surface area contributed by atoms with Crippen LogP contribution in [-0.4, -0.2) is 11.5 Å². The van der Waals surface area contributed by atoms with Crippen molar-refractivity contribution in [2.75, 3.05) is 6.54 Å². The van der Waals surface area contributed by atoms with E-state index in [1.54, 1.807) is 0 Å². The van der Waals surface area contributed by atoms with Gasteiger partial charge in [0.15, 0.2) is 0 Å². The zero-order chi connectivity index (χ0) is 13.7. The van der Waals surface area contributed by atoms with E-state index in [-0.39, 0.29) is 0 Å². The maximum Gasteiger partial charge on any atom is 0.0900 e. The SMILES string of the molecule is CCCNC(CCc1cccs1)c1sc(C)nc1C. The third-order valence-corrected chi connectivity index (χ3v) is 5.28. The van der Waals surface area contributed by atoms with Crippen molar-refractivity contribution in [3.8, 4) is 0 Å². The van der Waals surface area contributed by atoms with Crippen LogP contribution in [-0.2, 0) is 6.42 Å². The first-order chi connectivity index (χ1) is 9.20. The summed E-state index contributed by atoms with van der Waals surface area (Å²) in [5, 5.41) is 7.01. The van der Waals surface area contributed by atoms with E-state index in [1.165, 1.54) is 26.9 Å². The molecule has 104 valence electrons. The third kappa shape index (κ3) is 4.13. The molecular weight excluding hydrogens is 272 g/mol. The molecule has 0 amide bonds. The van der Waals surface area contributed by atoms with Crippen LogP contribution in [0, 0.1) is 13.8 Å². The molecule has 0 aliphatic rings. The van der Waals surface area contributed by atoms with E-state index in [2.05, 4.69) is 48.6 Å². The van der Waals surface area contributed by atoms with E-state index in [0.29, 0.717) is 6.04 Å². The second-order valence-corrected chi connectivity index (χ2v) is 7.07. The molecule has 4 heteroatoms. The van der Waals surface area contributed by atoms with E-state index in [1.807, 2.05) is 22.7 Å². The van der Waals surface area contributed by atoms with E-state index in [0.717, 1.165) is 19.4 Å². The minimum Gasteiger partial charge on any atom is -0.309 e. The normalized spacial score (nSPS) is 12.8. The highest BCUT2D eigenvalue weighted by atomic mass is 32.1. The van der Waals surface area contributed by atoms with Crippen LogP contribution in [0.1, 0.15) is 46.3 Å². The Morgan fingerprint density at radius 3 is 2.79 bits per heavy atom. The topological polar surface area (TPSA) is 24.9 Å². The molecule has 1 atom stereocenters. The Balaban J connectivity index is 2.04. The molecule has 1 N–H and O–H groups in total. The first-order valence-electron chi connectivity index (χ1n) is 6.90. The van der Waals surface area contributed by atoms with Crippen LogP contribution in [0.3, 0.4) is 0 Å². The molecule has 2 nitrogen and oxygen atoms in total. The fraction of sp³-hybridized carbons (Fsp3) is 0.533.